The molecular formula is C23H20ClNO. The van der Waals surface area contributed by atoms with E-state index in [1.165, 1.54) is 0 Å². The molecule has 0 aromatic heterocycles. The third-order valence-electron chi connectivity index (χ3n) is 5.44. The number of carbonyl (C=O) groups is 1. The van der Waals surface area contributed by atoms with Crippen LogP contribution >= 0.6 is 11.6 Å². The van der Waals surface area contributed by atoms with Crippen molar-refractivity contribution in [3.8, 4) is 0 Å². The second-order valence-electron chi connectivity index (χ2n) is 6.80. The van der Waals surface area contributed by atoms with Crippen LogP contribution < -0.4 is 0 Å². The minimum Gasteiger partial charge on any atom is -0.294 e. The minimum atomic E-state index is -0.445. The molecule has 2 nitrogen and oxygen atoms in total. The molecule has 0 spiro atoms. The average molecular weight is 362 g/mol. The Morgan fingerprint density at radius 3 is 1.85 bits per heavy atom. The van der Waals surface area contributed by atoms with Crippen LogP contribution in [0.1, 0.15) is 21.5 Å². The van der Waals surface area contributed by atoms with Gasteiger partial charge in [-0.1, -0.05) is 72.3 Å². The first kappa shape index (κ1) is 17.0. The Morgan fingerprint density at radius 2 is 1.38 bits per heavy atom. The highest BCUT2D eigenvalue weighted by atomic mass is 35.5. The summed E-state index contributed by atoms with van der Waals surface area (Å²) in [4.78, 5) is 15.7. The Morgan fingerprint density at radius 1 is 0.885 bits per heavy atom. The maximum Gasteiger partial charge on any atom is 0.169 e. The van der Waals surface area contributed by atoms with Gasteiger partial charge in [0.2, 0.25) is 0 Å². The number of hydrogen-bond acceptors (Lipinski definition) is 2. The van der Waals surface area contributed by atoms with Crippen molar-refractivity contribution in [2.75, 3.05) is 13.6 Å². The fraction of sp³-hybridized carbons (Fsp3) is 0.174. The van der Waals surface area contributed by atoms with Crippen molar-refractivity contribution in [3.63, 3.8) is 0 Å². The molecular weight excluding hydrogens is 342 g/mol. The van der Waals surface area contributed by atoms with E-state index in [-0.39, 0.29) is 11.7 Å². The van der Waals surface area contributed by atoms with Gasteiger partial charge in [0.25, 0.3) is 0 Å². The van der Waals surface area contributed by atoms with E-state index in [2.05, 4.69) is 36.2 Å². The predicted octanol–water partition coefficient (Wildman–Crippen LogP) is 5.03. The summed E-state index contributed by atoms with van der Waals surface area (Å²) in [6.45, 7) is 0.727. The first-order valence-electron chi connectivity index (χ1n) is 8.76. The Balaban J connectivity index is 1.84. The summed E-state index contributed by atoms with van der Waals surface area (Å²) < 4.78 is 0. The zero-order chi connectivity index (χ0) is 18.1. The van der Waals surface area contributed by atoms with Crippen molar-refractivity contribution >= 4 is 17.4 Å². The molecule has 3 heteroatoms. The van der Waals surface area contributed by atoms with Gasteiger partial charge in [0.1, 0.15) is 0 Å². The summed E-state index contributed by atoms with van der Waals surface area (Å²) >= 11 is 6.00. The third kappa shape index (κ3) is 2.57. The van der Waals surface area contributed by atoms with Gasteiger partial charge >= 0.3 is 0 Å². The topological polar surface area (TPSA) is 20.3 Å². The number of hydrogen-bond donors (Lipinski definition) is 0. The second kappa shape index (κ2) is 6.71. The number of nitrogens with zero attached hydrogens (tertiary/aromatic N) is 1. The van der Waals surface area contributed by atoms with Crippen LogP contribution in [0, 0.1) is 5.92 Å². The highest BCUT2D eigenvalue weighted by Crippen LogP contribution is 2.50. The molecule has 1 heterocycles. The number of halogens is 1. The molecule has 0 amide bonds. The number of likely N-dealkylation sites (tertiary alicyclic amines) is 1. The van der Waals surface area contributed by atoms with Crippen molar-refractivity contribution in [2.24, 2.45) is 5.92 Å². The molecule has 0 saturated carbocycles. The van der Waals surface area contributed by atoms with Gasteiger partial charge in [0, 0.05) is 17.1 Å². The first-order valence-corrected chi connectivity index (χ1v) is 9.14. The lowest BCUT2D eigenvalue weighted by molar-refractivity contribution is -0.0212. The van der Waals surface area contributed by atoms with Gasteiger partial charge in [-0.05, 0) is 42.4 Å². The van der Waals surface area contributed by atoms with Crippen LogP contribution in [0.15, 0.2) is 84.9 Å². The van der Waals surface area contributed by atoms with Crippen LogP contribution in [0.25, 0.3) is 0 Å². The Hall–Kier alpha value is -2.42. The van der Waals surface area contributed by atoms with Gasteiger partial charge in [-0.25, -0.2) is 0 Å². The molecule has 1 saturated heterocycles. The quantitative estimate of drug-likeness (QED) is 0.607. The molecule has 3 aromatic carbocycles. The summed E-state index contributed by atoms with van der Waals surface area (Å²) in [6, 6.07) is 27.8. The van der Waals surface area contributed by atoms with Crippen LogP contribution in [0.2, 0.25) is 5.02 Å². The molecule has 1 atom stereocenters. The Labute approximate surface area is 159 Å². The molecule has 1 unspecified atom stereocenters. The molecule has 1 aliphatic rings. The zero-order valence-corrected chi connectivity index (χ0v) is 15.4. The molecule has 1 fully saturated rings. The number of Topliss-reactive ketones (excluding diaryl/α,β-unsaturated/α-hetero) is 1. The van der Waals surface area contributed by atoms with E-state index in [4.69, 9.17) is 11.6 Å². The molecule has 26 heavy (non-hydrogen) atoms. The molecule has 1 aliphatic heterocycles. The van der Waals surface area contributed by atoms with E-state index in [1.54, 1.807) is 12.1 Å². The molecule has 3 aromatic rings. The van der Waals surface area contributed by atoms with E-state index in [0.29, 0.717) is 10.6 Å². The van der Waals surface area contributed by atoms with Gasteiger partial charge in [-0.3, -0.25) is 9.69 Å². The zero-order valence-electron chi connectivity index (χ0n) is 14.6. The molecule has 4 rings (SSSR count). The summed E-state index contributed by atoms with van der Waals surface area (Å²) in [5, 5.41) is 0.643. The summed E-state index contributed by atoms with van der Waals surface area (Å²) in [7, 11) is 2.09. The van der Waals surface area contributed by atoms with Crippen LogP contribution in [0.4, 0.5) is 0 Å². The van der Waals surface area contributed by atoms with Gasteiger partial charge in [0.05, 0.1) is 11.5 Å². The van der Waals surface area contributed by atoms with Crippen LogP contribution in [0.3, 0.4) is 0 Å². The third-order valence-corrected chi connectivity index (χ3v) is 5.69. The van der Waals surface area contributed by atoms with Crippen molar-refractivity contribution in [1.29, 1.82) is 0 Å². The highest BCUT2D eigenvalue weighted by Gasteiger charge is 2.56. The van der Waals surface area contributed by atoms with Crippen LogP contribution in [0.5, 0.6) is 0 Å². The standard InChI is InChI=1S/C23H20ClNO/c1-25-16-21(22(26)17-12-14-20(24)15-13-17)23(25,18-8-4-2-5-9-18)19-10-6-3-7-11-19/h2-15,21H,16H2,1H3. The van der Waals surface area contributed by atoms with E-state index in [9.17, 15) is 4.79 Å². The monoisotopic (exact) mass is 361 g/mol. The lowest BCUT2D eigenvalue weighted by Gasteiger charge is -2.57. The number of rotatable bonds is 4. The number of benzene rings is 3. The normalized spacial score (nSPS) is 18.9. The van der Waals surface area contributed by atoms with E-state index < -0.39 is 5.54 Å². The van der Waals surface area contributed by atoms with Crippen molar-refractivity contribution in [3.05, 3.63) is 107 Å². The Bertz CT molecular complexity index is 866. The maximum atomic E-state index is 13.4. The Kier molecular flexibility index (Phi) is 4.39. The fourth-order valence-corrected chi connectivity index (χ4v) is 4.31. The van der Waals surface area contributed by atoms with Crippen LogP contribution in [-0.4, -0.2) is 24.3 Å². The minimum absolute atomic E-state index is 0.140. The lowest BCUT2D eigenvalue weighted by atomic mass is 9.63. The van der Waals surface area contributed by atoms with E-state index in [0.717, 1.165) is 17.7 Å². The van der Waals surface area contributed by atoms with E-state index in [1.807, 2.05) is 48.5 Å². The van der Waals surface area contributed by atoms with Gasteiger partial charge in [-0.15, -0.1) is 0 Å². The smallest absolute Gasteiger partial charge is 0.169 e. The molecule has 130 valence electrons. The van der Waals surface area contributed by atoms with Crippen molar-refractivity contribution in [2.45, 2.75) is 5.54 Å². The molecule has 0 aliphatic carbocycles. The fourth-order valence-electron chi connectivity index (χ4n) is 4.19. The summed E-state index contributed by atoms with van der Waals surface area (Å²) in [5.41, 5.74) is 2.56. The SMILES string of the molecule is CN1CC(C(=O)c2ccc(Cl)cc2)C1(c1ccccc1)c1ccccc1. The first-order chi connectivity index (χ1) is 12.6. The number of ketones is 1. The average Bonchev–Trinajstić information content (AvgIpc) is 2.68. The number of carbonyl (C=O) groups excluding carboxylic acids is 1. The van der Waals surface area contributed by atoms with Crippen LogP contribution in [-0.2, 0) is 5.54 Å². The molecule has 0 N–H and O–H groups in total. The molecule has 0 radical (unpaired) electrons. The largest absolute Gasteiger partial charge is 0.294 e. The highest BCUT2D eigenvalue weighted by molar-refractivity contribution is 6.30. The van der Waals surface area contributed by atoms with Crippen molar-refractivity contribution < 1.29 is 4.79 Å². The van der Waals surface area contributed by atoms with E-state index >= 15 is 0 Å². The van der Waals surface area contributed by atoms with Gasteiger partial charge < -0.3 is 0 Å². The van der Waals surface area contributed by atoms with Gasteiger partial charge in [-0.2, -0.15) is 0 Å². The summed E-state index contributed by atoms with van der Waals surface area (Å²) in [6.07, 6.45) is 0. The van der Waals surface area contributed by atoms with Gasteiger partial charge in [0.15, 0.2) is 5.78 Å². The second-order valence-corrected chi connectivity index (χ2v) is 7.24. The summed E-state index contributed by atoms with van der Waals surface area (Å²) in [5.74, 6) is 0.0194. The predicted molar refractivity (Wildman–Crippen MR) is 106 cm³/mol. The lowest BCUT2D eigenvalue weighted by Crippen LogP contribution is -2.66. The molecule has 0 bridgehead atoms. The van der Waals surface area contributed by atoms with Crippen molar-refractivity contribution in [1.82, 2.24) is 4.90 Å². The maximum absolute atomic E-state index is 13.4.